The highest BCUT2D eigenvalue weighted by molar-refractivity contribution is 5.79. The summed E-state index contributed by atoms with van der Waals surface area (Å²) in [5, 5.41) is 12.7. The summed E-state index contributed by atoms with van der Waals surface area (Å²) in [6.07, 6.45) is 8.90. The third-order valence-electron chi connectivity index (χ3n) is 5.86. The van der Waals surface area contributed by atoms with Crippen LogP contribution in [0.1, 0.15) is 51.4 Å². The summed E-state index contributed by atoms with van der Waals surface area (Å²) in [7, 11) is 1.79. The summed E-state index contributed by atoms with van der Waals surface area (Å²) in [5.41, 5.74) is -0.731. The molecule has 0 radical (unpaired) electrons. The number of carboxylic acids is 1. The highest BCUT2D eigenvalue weighted by Crippen LogP contribution is 2.36. The lowest BCUT2D eigenvalue weighted by Crippen LogP contribution is -2.62. The first kappa shape index (κ1) is 15.3. The molecule has 0 bridgehead atoms. The Morgan fingerprint density at radius 1 is 1.29 bits per heavy atom. The van der Waals surface area contributed by atoms with E-state index in [0.29, 0.717) is 18.2 Å². The smallest absolute Gasteiger partial charge is 0.323 e. The molecule has 0 spiro atoms. The predicted octanol–water partition coefficient (Wildman–Crippen LogP) is 1.62. The summed E-state index contributed by atoms with van der Waals surface area (Å²) >= 11 is 0. The standard InChI is InChI=1S/C16H28N2O3/c1-17-16(15(19)20)8-4-5-12(11-16)18-9-10-21-14-7-3-2-6-13(14)18/h12-14,17H,2-11H2,1H3,(H,19,20). The molecule has 5 nitrogen and oxygen atoms in total. The van der Waals surface area contributed by atoms with E-state index >= 15 is 0 Å². The van der Waals surface area contributed by atoms with E-state index in [4.69, 9.17) is 4.74 Å². The van der Waals surface area contributed by atoms with Crippen molar-refractivity contribution in [2.75, 3.05) is 20.2 Å². The van der Waals surface area contributed by atoms with Crippen LogP contribution in [0.5, 0.6) is 0 Å². The molecule has 4 unspecified atom stereocenters. The van der Waals surface area contributed by atoms with E-state index in [2.05, 4.69) is 10.2 Å². The number of nitrogens with zero attached hydrogens (tertiary/aromatic N) is 1. The van der Waals surface area contributed by atoms with Crippen LogP contribution in [0.4, 0.5) is 0 Å². The number of ether oxygens (including phenoxy) is 1. The number of carboxylic acid groups (broad SMARTS) is 1. The Morgan fingerprint density at radius 2 is 2.10 bits per heavy atom. The zero-order chi connectivity index (χ0) is 14.9. The normalized spacial score (nSPS) is 41.5. The Bertz CT molecular complexity index is 388. The fourth-order valence-corrected chi connectivity index (χ4v) is 4.64. The molecular formula is C16H28N2O3. The second-order valence-corrected chi connectivity index (χ2v) is 6.89. The van der Waals surface area contributed by atoms with E-state index in [1.807, 2.05) is 0 Å². The summed E-state index contributed by atoms with van der Waals surface area (Å²) in [5.74, 6) is -0.692. The Balaban J connectivity index is 1.74. The molecule has 0 aromatic carbocycles. The number of hydrogen-bond acceptors (Lipinski definition) is 4. The Labute approximate surface area is 127 Å². The highest BCUT2D eigenvalue weighted by atomic mass is 16.5. The van der Waals surface area contributed by atoms with Crippen molar-refractivity contribution in [1.29, 1.82) is 0 Å². The highest BCUT2D eigenvalue weighted by Gasteiger charge is 2.46. The molecule has 3 rings (SSSR count). The molecule has 1 saturated heterocycles. The average Bonchev–Trinajstić information content (AvgIpc) is 2.54. The second-order valence-electron chi connectivity index (χ2n) is 6.89. The number of likely N-dealkylation sites (N-methyl/N-ethyl adjacent to an activating group) is 1. The summed E-state index contributed by atoms with van der Waals surface area (Å²) in [4.78, 5) is 14.3. The lowest BCUT2D eigenvalue weighted by Gasteiger charge is -2.50. The van der Waals surface area contributed by atoms with Gasteiger partial charge in [-0.25, -0.2) is 0 Å². The van der Waals surface area contributed by atoms with Gasteiger partial charge in [0.25, 0.3) is 0 Å². The van der Waals surface area contributed by atoms with Gasteiger partial charge in [-0.1, -0.05) is 12.8 Å². The average molecular weight is 296 g/mol. The zero-order valence-electron chi connectivity index (χ0n) is 13.0. The van der Waals surface area contributed by atoms with Gasteiger partial charge >= 0.3 is 5.97 Å². The SMILES string of the molecule is CNC1(C(=O)O)CCCC(N2CCOC3CCCCC32)C1. The summed E-state index contributed by atoms with van der Waals surface area (Å²) in [6, 6.07) is 0.899. The Morgan fingerprint density at radius 3 is 2.86 bits per heavy atom. The van der Waals surface area contributed by atoms with Crippen LogP contribution in [0.3, 0.4) is 0 Å². The zero-order valence-corrected chi connectivity index (χ0v) is 13.0. The van der Waals surface area contributed by atoms with Gasteiger partial charge in [-0.3, -0.25) is 9.69 Å². The third kappa shape index (κ3) is 2.83. The van der Waals surface area contributed by atoms with Crippen molar-refractivity contribution >= 4 is 5.97 Å². The minimum atomic E-state index is -0.731. The van der Waals surface area contributed by atoms with Gasteiger partial charge in [-0.15, -0.1) is 0 Å². The molecule has 2 N–H and O–H groups in total. The van der Waals surface area contributed by atoms with Crippen LogP contribution in [-0.4, -0.2) is 59.9 Å². The van der Waals surface area contributed by atoms with Crippen LogP contribution in [0, 0.1) is 0 Å². The van der Waals surface area contributed by atoms with Gasteiger partial charge < -0.3 is 15.2 Å². The van der Waals surface area contributed by atoms with Gasteiger partial charge in [0.2, 0.25) is 0 Å². The van der Waals surface area contributed by atoms with Crippen molar-refractivity contribution in [2.24, 2.45) is 0 Å². The first-order valence-corrected chi connectivity index (χ1v) is 8.46. The molecule has 3 aliphatic rings. The third-order valence-corrected chi connectivity index (χ3v) is 5.86. The minimum absolute atomic E-state index is 0.378. The first-order valence-electron chi connectivity index (χ1n) is 8.46. The van der Waals surface area contributed by atoms with Crippen molar-refractivity contribution in [2.45, 2.75) is 75.1 Å². The van der Waals surface area contributed by atoms with Crippen LogP contribution >= 0.6 is 0 Å². The largest absolute Gasteiger partial charge is 0.480 e. The maximum atomic E-state index is 11.7. The lowest BCUT2D eigenvalue weighted by molar-refractivity contribution is -0.149. The topological polar surface area (TPSA) is 61.8 Å². The fraction of sp³-hybridized carbons (Fsp3) is 0.938. The summed E-state index contributed by atoms with van der Waals surface area (Å²) < 4.78 is 5.96. The maximum Gasteiger partial charge on any atom is 0.323 e. The van der Waals surface area contributed by atoms with Gasteiger partial charge in [-0.05, 0) is 45.6 Å². The van der Waals surface area contributed by atoms with Crippen molar-refractivity contribution in [3.05, 3.63) is 0 Å². The van der Waals surface area contributed by atoms with Crippen molar-refractivity contribution in [3.8, 4) is 0 Å². The molecule has 21 heavy (non-hydrogen) atoms. The molecule has 0 aromatic heterocycles. The molecule has 1 aliphatic heterocycles. The van der Waals surface area contributed by atoms with Gasteiger partial charge in [0.05, 0.1) is 12.7 Å². The fourth-order valence-electron chi connectivity index (χ4n) is 4.64. The number of fused-ring (bicyclic) bond motifs is 1. The maximum absolute atomic E-state index is 11.7. The van der Waals surface area contributed by atoms with Crippen LogP contribution in [0.15, 0.2) is 0 Å². The Kier molecular flexibility index (Phi) is 4.52. The number of morpholine rings is 1. The number of nitrogens with one attached hydrogen (secondary N) is 1. The van der Waals surface area contributed by atoms with Crippen molar-refractivity contribution in [3.63, 3.8) is 0 Å². The van der Waals surface area contributed by atoms with E-state index in [-0.39, 0.29) is 0 Å². The number of carbonyl (C=O) groups is 1. The van der Waals surface area contributed by atoms with Crippen molar-refractivity contribution in [1.82, 2.24) is 10.2 Å². The van der Waals surface area contributed by atoms with E-state index in [0.717, 1.165) is 38.8 Å². The first-order chi connectivity index (χ1) is 10.2. The minimum Gasteiger partial charge on any atom is -0.480 e. The molecule has 3 fully saturated rings. The van der Waals surface area contributed by atoms with E-state index in [9.17, 15) is 9.90 Å². The predicted molar refractivity (Wildman–Crippen MR) is 80.4 cm³/mol. The van der Waals surface area contributed by atoms with Crippen LogP contribution in [0.25, 0.3) is 0 Å². The van der Waals surface area contributed by atoms with Crippen LogP contribution in [-0.2, 0) is 9.53 Å². The Hall–Kier alpha value is -0.650. The van der Waals surface area contributed by atoms with Gasteiger partial charge in [0, 0.05) is 18.6 Å². The van der Waals surface area contributed by atoms with E-state index < -0.39 is 11.5 Å². The monoisotopic (exact) mass is 296 g/mol. The van der Waals surface area contributed by atoms with Crippen LogP contribution in [0.2, 0.25) is 0 Å². The molecule has 120 valence electrons. The molecule has 0 amide bonds. The van der Waals surface area contributed by atoms with Crippen LogP contribution < -0.4 is 5.32 Å². The number of rotatable bonds is 3. The van der Waals surface area contributed by atoms with Crippen molar-refractivity contribution < 1.29 is 14.6 Å². The van der Waals surface area contributed by atoms with E-state index in [1.165, 1.54) is 25.7 Å². The molecule has 1 heterocycles. The molecule has 0 aromatic rings. The molecule has 4 atom stereocenters. The quantitative estimate of drug-likeness (QED) is 0.828. The van der Waals surface area contributed by atoms with Gasteiger partial charge in [0.1, 0.15) is 5.54 Å². The molecular weight excluding hydrogens is 268 g/mol. The van der Waals surface area contributed by atoms with E-state index in [1.54, 1.807) is 7.05 Å². The summed E-state index contributed by atoms with van der Waals surface area (Å²) in [6.45, 7) is 1.77. The lowest BCUT2D eigenvalue weighted by atomic mass is 9.77. The molecule has 2 saturated carbocycles. The van der Waals surface area contributed by atoms with Gasteiger partial charge in [0.15, 0.2) is 0 Å². The molecule has 2 aliphatic carbocycles. The number of hydrogen-bond donors (Lipinski definition) is 2. The number of aliphatic carboxylic acids is 1. The molecule has 5 heteroatoms. The van der Waals surface area contributed by atoms with Gasteiger partial charge in [-0.2, -0.15) is 0 Å². The second kappa shape index (κ2) is 6.23.